The topological polar surface area (TPSA) is 81.8 Å². The summed E-state index contributed by atoms with van der Waals surface area (Å²) in [7, 11) is 1.47. The van der Waals surface area contributed by atoms with E-state index in [1.165, 1.54) is 12.6 Å². The summed E-state index contributed by atoms with van der Waals surface area (Å²) >= 11 is 0. The van der Waals surface area contributed by atoms with Crippen LogP contribution in [0.25, 0.3) is 0 Å². The summed E-state index contributed by atoms with van der Waals surface area (Å²) < 4.78 is 0. The van der Waals surface area contributed by atoms with Crippen LogP contribution in [0, 0.1) is 0 Å². The molecule has 0 aromatic heterocycles. The third kappa shape index (κ3) is 5.29. The van der Waals surface area contributed by atoms with Gasteiger partial charge in [-0.15, -0.1) is 0 Å². The van der Waals surface area contributed by atoms with Crippen molar-refractivity contribution in [1.29, 1.82) is 0 Å². The van der Waals surface area contributed by atoms with Crippen molar-refractivity contribution in [3.05, 3.63) is 35.9 Å². The van der Waals surface area contributed by atoms with Gasteiger partial charge in [0.05, 0.1) is 6.04 Å². The molecule has 2 rings (SSSR count). The number of imide groups is 1. The summed E-state index contributed by atoms with van der Waals surface area (Å²) in [6, 6.07) is 9.11. The van der Waals surface area contributed by atoms with Crippen molar-refractivity contribution < 1.29 is 14.4 Å². The van der Waals surface area contributed by atoms with Crippen molar-refractivity contribution in [2.24, 2.45) is 0 Å². The molecule has 1 heterocycles. The van der Waals surface area contributed by atoms with Gasteiger partial charge in [-0.25, -0.2) is 4.79 Å². The van der Waals surface area contributed by atoms with Crippen molar-refractivity contribution in [2.45, 2.75) is 32.2 Å². The standard InChI is InChI=1S/C19H28N4O3/c1-14(16-7-5-4-6-8-16)13-17(24)23-11-9-22(10-12-23)15(2)18(25)21-19(26)20-3/h4-8,14-15H,9-13H2,1-3H3,(H2,20,21,25,26)/t14-,15+/m1/s1. The minimum atomic E-state index is -0.509. The Morgan fingerprint density at radius 2 is 1.65 bits per heavy atom. The molecule has 0 radical (unpaired) electrons. The highest BCUT2D eigenvalue weighted by atomic mass is 16.2. The predicted molar refractivity (Wildman–Crippen MR) is 99.7 cm³/mol. The van der Waals surface area contributed by atoms with Crippen LogP contribution in [0.15, 0.2) is 30.3 Å². The summed E-state index contributed by atoms with van der Waals surface area (Å²) in [5.41, 5.74) is 1.17. The summed E-state index contributed by atoms with van der Waals surface area (Å²) in [4.78, 5) is 39.7. The molecule has 1 aromatic rings. The van der Waals surface area contributed by atoms with Crippen molar-refractivity contribution >= 4 is 17.8 Å². The Labute approximate surface area is 154 Å². The number of hydrogen-bond acceptors (Lipinski definition) is 4. The van der Waals surface area contributed by atoms with Gasteiger partial charge in [-0.1, -0.05) is 37.3 Å². The summed E-state index contributed by atoms with van der Waals surface area (Å²) in [6.07, 6.45) is 0.483. The molecule has 26 heavy (non-hydrogen) atoms. The fourth-order valence-electron chi connectivity index (χ4n) is 3.09. The third-order valence-corrected chi connectivity index (χ3v) is 4.91. The highest BCUT2D eigenvalue weighted by Crippen LogP contribution is 2.20. The van der Waals surface area contributed by atoms with Crippen LogP contribution in [-0.2, 0) is 9.59 Å². The van der Waals surface area contributed by atoms with Crippen LogP contribution in [0.3, 0.4) is 0 Å². The van der Waals surface area contributed by atoms with Gasteiger partial charge in [0.2, 0.25) is 11.8 Å². The predicted octanol–water partition coefficient (Wildman–Crippen LogP) is 1.17. The van der Waals surface area contributed by atoms with E-state index in [0.29, 0.717) is 32.6 Å². The number of benzene rings is 1. The first kappa shape index (κ1) is 19.9. The Balaban J connectivity index is 1.81. The second kappa shape index (κ2) is 9.33. The third-order valence-electron chi connectivity index (χ3n) is 4.91. The van der Waals surface area contributed by atoms with Gasteiger partial charge in [-0.05, 0) is 18.4 Å². The average molecular weight is 360 g/mol. The van der Waals surface area contributed by atoms with Gasteiger partial charge in [0, 0.05) is 39.6 Å². The SMILES string of the molecule is CNC(=O)NC(=O)[C@H](C)N1CCN(C(=O)C[C@@H](C)c2ccccc2)CC1. The number of carbonyl (C=O) groups excluding carboxylic acids is 3. The fraction of sp³-hybridized carbons (Fsp3) is 0.526. The summed E-state index contributed by atoms with van der Waals surface area (Å²) in [5, 5.41) is 4.66. The monoisotopic (exact) mass is 360 g/mol. The number of carbonyl (C=O) groups is 3. The van der Waals surface area contributed by atoms with E-state index >= 15 is 0 Å². The minimum Gasteiger partial charge on any atom is -0.341 e. The number of nitrogens with zero attached hydrogens (tertiary/aromatic N) is 2. The number of urea groups is 1. The largest absolute Gasteiger partial charge is 0.341 e. The normalized spacial score (nSPS) is 17.3. The number of rotatable bonds is 5. The second-order valence-electron chi connectivity index (χ2n) is 6.68. The molecule has 7 nitrogen and oxygen atoms in total. The van der Waals surface area contributed by atoms with Gasteiger partial charge in [-0.2, -0.15) is 0 Å². The van der Waals surface area contributed by atoms with Crippen LogP contribution in [0.5, 0.6) is 0 Å². The molecular formula is C19H28N4O3. The van der Waals surface area contributed by atoms with Gasteiger partial charge < -0.3 is 10.2 Å². The zero-order chi connectivity index (χ0) is 19.1. The van der Waals surface area contributed by atoms with E-state index < -0.39 is 12.1 Å². The zero-order valence-electron chi connectivity index (χ0n) is 15.7. The maximum atomic E-state index is 12.6. The van der Waals surface area contributed by atoms with Crippen molar-refractivity contribution in [3.8, 4) is 0 Å². The second-order valence-corrected chi connectivity index (χ2v) is 6.68. The maximum absolute atomic E-state index is 12.6. The van der Waals surface area contributed by atoms with Gasteiger partial charge in [0.1, 0.15) is 0 Å². The molecule has 0 aliphatic carbocycles. The highest BCUT2D eigenvalue weighted by molar-refractivity contribution is 5.96. The Hall–Kier alpha value is -2.41. The lowest BCUT2D eigenvalue weighted by Crippen LogP contribution is -2.56. The molecule has 142 valence electrons. The minimum absolute atomic E-state index is 0.142. The first-order valence-electron chi connectivity index (χ1n) is 9.01. The lowest BCUT2D eigenvalue weighted by molar-refractivity contribution is -0.134. The van der Waals surface area contributed by atoms with E-state index in [1.807, 2.05) is 40.1 Å². The average Bonchev–Trinajstić information content (AvgIpc) is 2.67. The summed E-state index contributed by atoms with van der Waals surface area (Å²) in [5.74, 6) is -0.00992. The maximum Gasteiger partial charge on any atom is 0.321 e. The van der Waals surface area contributed by atoms with Crippen LogP contribution >= 0.6 is 0 Å². The number of amides is 4. The quantitative estimate of drug-likeness (QED) is 0.826. The van der Waals surface area contributed by atoms with E-state index in [9.17, 15) is 14.4 Å². The van der Waals surface area contributed by atoms with Crippen molar-refractivity contribution in [1.82, 2.24) is 20.4 Å². The van der Waals surface area contributed by atoms with Crippen LogP contribution in [0.1, 0.15) is 31.7 Å². The zero-order valence-corrected chi connectivity index (χ0v) is 15.7. The molecule has 1 aliphatic heterocycles. The molecule has 0 spiro atoms. The number of hydrogen-bond donors (Lipinski definition) is 2. The molecule has 1 aliphatic rings. The van der Waals surface area contributed by atoms with Crippen LogP contribution < -0.4 is 10.6 Å². The van der Waals surface area contributed by atoms with Crippen LogP contribution in [-0.4, -0.2) is 66.9 Å². The Bertz CT molecular complexity index is 627. The van der Waals surface area contributed by atoms with E-state index in [-0.39, 0.29) is 17.7 Å². The molecule has 1 fully saturated rings. The lowest BCUT2D eigenvalue weighted by Gasteiger charge is -2.37. The smallest absolute Gasteiger partial charge is 0.321 e. The molecule has 4 amide bonds. The summed E-state index contributed by atoms with van der Waals surface area (Å²) in [6.45, 7) is 6.26. The van der Waals surface area contributed by atoms with Crippen LogP contribution in [0.2, 0.25) is 0 Å². The molecule has 7 heteroatoms. The van der Waals surface area contributed by atoms with Crippen LogP contribution in [0.4, 0.5) is 4.79 Å². The van der Waals surface area contributed by atoms with Crippen molar-refractivity contribution in [3.63, 3.8) is 0 Å². The molecule has 0 unspecified atom stereocenters. The number of piperazine rings is 1. The first-order chi connectivity index (χ1) is 12.4. The van der Waals surface area contributed by atoms with E-state index in [1.54, 1.807) is 6.92 Å². The fourth-order valence-corrected chi connectivity index (χ4v) is 3.09. The van der Waals surface area contributed by atoms with Crippen molar-refractivity contribution in [2.75, 3.05) is 33.2 Å². The molecule has 2 atom stereocenters. The van der Waals surface area contributed by atoms with E-state index in [4.69, 9.17) is 0 Å². The van der Waals surface area contributed by atoms with E-state index in [2.05, 4.69) is 17.6 Å². The molecular weight excluding hydrogens is 332 g/mol. The molecule has 0 bridgehead atoms. The van der Waals surface area contributed by atoms with Gasteiger partial charge in [-0.3, -0.25) is 19.8 Å². The Morgan fingerprint density at radius 1 is 1.04 bits per heavy atom. The highest BCUT2D eigenvalue weighted by Gasteiger charge is 2.28. The Morgan fingerprint density at radius 3 is 2.23 bits per heavy atom. The molecule has 1 saturated heterocycles. The first-order valence-corrected chi connectivity index (χ1v) is 9.01. The molecule has 0 saturated carbocycles. The van der Waals surface area contributed by atoms with E-state index in [0.717, 1.165) is 0 Å². The van der Waals surface area contributed by atoms with Gasteiger partial charge >= 0.3 is 6.03 Å². The number of nitrogens with one attached hydrogen (secondary N) is 2. The van der Waals surface area contributed by atoms with Gasteiger partial charge in [0.25, 0.3) is 0 Å². The Kier molecular flexibility index (Phi) is 7.15. The molecule has 1 aromatic carbocycles. The lowest BCUT2D eigenvalue weighted by atomic mass is 9.97. The molecule has 2 N–H and O–H groups in total. The van der Waals surface area contributed by atoms with Gasteiger partial charge in [0.15, 0.2) is 0 Å².